The average Bonchev–Trinajstić information content (AvgIpc) is 3.29. The minimum atomic E-state index is -0.641. The number of unbranched alkanes of at least 4 members (excludes halogenated alkanes) is 8. The van der Waals surface area contributed by atoms with Crippen LogP contribution in [0, 0.1) is 29.1 Å². The second kappa shape index (κ2) is 16.9. The van der Waals surface area contributed by atoms with Crippen LogP contribution in [0.1, 0.15) is 150 Å². The number of fused-ring (bicyclic) bond motifs is 1. The molecule has 3 fully saturated rings. The Morgan fingerprint density at radius 3 is 2.26 bits per heavy atom. The smallest absolute Gasteiger partial charge is 0.0839 e. The Balaban J connectivity index is 1.49. The van der Waals surface area contributed by atoms with Gasteiger partial charge in [-0.25, -0.2) is 0 Å². The molecule has 7 atom stereocenters. The first-order chi connectivity index (χ1) is 20.0. The first-order valence-corrected chi connectivity index (χ1v) is 17.8. The number of allylic oxidation sites excluding steroid dienone is 3. The molecular weight excluding hydrogens is 518 g/mol. The van der Waals surface area contributed by atoms with Gasteiger partial charge in [0.25, 0.3) is 0 Å². The summed E-state index contributed by atoms with van der Waals surface area (Å²) in [6.45, 7) is 13.9. The Morgan fingerprint density at radius 2 is 1.62 bits per heavy atom. The second-order valence-electron chi connectivity index (χ2n) is 15.4. The maximum Gasteiger partial charge on any atom is 0.0839 e. The standard InChI is InChI=1S/C38H67NO3/c1-28(17-15-24-37(3,4)42)33-22-23-34-30(18-16-25-38(33,34)5)20-21-31-27-35(40)32(36(41)29(31)2)19-13-11-9-7-6-8-10-12-14-26-39/h20-21,28,32-36,40-42H,2,6-19,22-27,39H2,1,3-5H3/b30-20+,31-21-/t28-,32-,33-,34+,35-,36-,38-/m1/s1. The number of aliphatic hydroxyl groups is 3. The maximum atomic E-state index is 11.1. The van der Waals surface area contributed by atoms with Crippen LogP contribution in [0.3, 0.4) is 0 Å². The quantitative estimate of drug-likeness (QED) is 0.129. The van der Waals surface area contributed by atoms with E-state index in [-0.39, 0.29) is 5.92 Å². The first-order valence-electron chi connectivity index (χ1n) is 17.8. The molecule has 5 N–H and O–H groups in total. The van der Waals surface area contributed by atoms with E-state index in [2.05, 4.69) is 32.6 Å². The van der Waals surface area contributed by atoms with Crippen LogP contribution in [0.4, 0.5) is 0 Å². The maximum absolute atomic E-state index is 11.1. The lowest BCUT2D eigenvalue weighted by molar-refractivity contribution is 0.0129. The van der Waals surface area contributed by atoms with Gasteiger partial charge in [0.15, 0.2) is 0 Å². The van der Waals surface area contributed by atoms with Crippen LogP contribution in [-0.4, -0.2) is 39.7 Å². The molecule has 0 spiro atoms. The van der Waals surface area contributed by atoms with E-state index in [0.717, 1.165) is 62.1 Å². The van der Waals surface area contributed by atoms with E-state index in [4.69, 9.17) is 5.73 Å². The molecule has 0 bridgehead atoms. The summed E-state index contributed by atoms with van der Waals surface area (Å²) in [7, 11) is 0. The van der Waals surface area contributed by atoms with E-state index >= 15 is 0 Å². The van der Waals surface area contributed by atoms with E-state index < -0.39 is 17.8 Å². The number of nitrogens with two attached hydrogens (primary N) is 1. The lowest BCUT2D eigenvalue weighted by atomic mass is 9.60. The molecule has 3 aliphatic carbocycles. The van der Waals surface area contributed by atoms with E-state index in [0.29, 0.717) is 23.7 Å². The summed E-state index contributed by atoms with van der Waals surface area (Å²) >= 11 is 0. The van der Waals surface area contributed by atoms with Gasteiger partial charge < -0.3 is 21.1 Å². The van der Waals surface area contributed by atoms with Gasteiger partial charge in [0, 0.05) is 5.92 Å². The van der Waals surface area contributed by atoms with Gasteiger partial charge in [0.05, 0.1) is 17.8 Å². The third kappa shape index (κ3) is 10.0. The van der Waals surface area contributed by atoms with Crippen molar-refractivity contribution in [3.8, 4) is 0 Å². The third-order valence-corrected chi connectivity index (χ3v) is 11.5. The lowest BCUT2D eigenvalue weighted by Gasteiger charge is -2.44. The monoisotopic (exact) mass is 586 g/mol. The number of hydrogen-bond acceptors (Lipinski definition) is 4. The summed E-state index contributed by atoms with van der Waals surface area (Å²) in [6, 6.07) is 0. The van der Waals surface area contributed by atoms with Crippen LogP contribution in [-0.2, 0) is 0 Å². The molecule has 0 aliphatic heterocycles. The van der Waals surface area contributed by atoms with Gasteiger partial charge in [-0.05, 0) is 112 Å². The molecule has 242 valence electrons. The molecule has 0 unspecified atom stereocenters. The van der Waals surface area contributed by atoms with Crippen LogP contribution >= 0.6 is 0 Å². The fourth-order valence-electron chi connectivity index (χ4n) is 8.93. The molecule has 0 amide bonds. The molecule has 0 aromatic carbocycles. The Kier molecular flexibility index (Phi) is 14.3. The highest BCUT2D eigenvalue weighted by Gasteiger charge is 2.50. The summed E-state index contributed by atoms with van der Waals surface area (Å²) in [4.78, 5) is 0. The van der Waals surface area contributed by atoms with Gasteiger partial charge in [-0.3, -0.25) is 0 Å². The molecule has 4 heteroatoms. The molecular formula is C38H67NO3. The Labute approximate surface area is 259 Å². The Morgan fingerprint density at radius 1 is 0.976 bits per heavy atom. The zero-order chi connectivity index (χ0) is 30.8. The van der Waals surface area contributed by atoms with Gasteiger partial charge in [0.1, 0.15) is 0 Å². The molecule has 4 nitrogen and oxygen atoms in total. The van der Waals surface area contributed by atoms with Crippen molar-refractivity contribution >= 4 is 0 Å². The molecule has 0 radical (unpaired) electrons. The number of rotatable bonds is 17. The summed E-state index contributed by atoms with van der Waals surface area (Å²) in [5, 5.41) is 32.3. The molecule has 0 heterocycles. The highest BCUT2D eigenvalue weighted by atomic mass is 16.3. The molecule has 3 aliphatic rings. The number of hydrogen-bond donors (Lipinski definition) is 4. The van der Waals surface area contributed by atoms with Crippen molar-refractivity contribution in [2.45, 2.75) is 167 Å². The van der Waals surface area contributed by atoms with Gasteiger partial charge >= 0.3 is 0 Å². The van der Waals surface area contributed by atoms with Gasteiger partial charge in [0.2, 0.25) is 0 Å². The lowest BCUT2D eigenvalue weighted by Crippen LogP contribution is -2.38. The summed E-state index contributed by atoms with van der Waals surface area (Å²) < 4.78 is 0. The minimum Gasteiger partial charge on any atom is -0.392 e. The zero-order valence-corrected chi connectivity index (χ0v) is 27.9. The van der Waals surface area contributed by atoms with Gasteiger partial charge in [-0.15, -0.1) is 0 Å². The topological polar surface area (TPSA) is 86.7 Å². The number of aliphatic hydroxyl groups excluding tert-OH is 2. The van der Waals surface area contributed by atoms with Crippen molar-refractivity contribution in [2.24, 2.45) is 34.8 Å². The van der Waals surface area contributed by atoms with Crippen LogP contribution in [0.25, 0.3) is 0 Å². The van der Waals surface area contributed by atoms with Crippen molar-refractivity contribution in [3.63, 3.8) is 0 Å². The highest BCUT2D eigenvalue weighted by Crippen LogP contribution is 2.60. The molecule has 0 aromatic rings. The van der Waals surface area contributed by atoms with E-state index in [1.54, 1.807) is 5.57 Å². The zero-order valence-electron chi connectivity index (χ0n) is 27.9. The van der Waals surface area contributed by atoms with Gasteiger partial charge in [-0.2, -0.15) is 0 Å². The summed E-state index contributed by atoms with van der Waals surface area (Å²) in [6.07, 6.45) is 25.5. The third-order valence-electron chi connectivity index (χ3n) is 11.5. The molecule has 42 heavy (non-hydrogen) atoms. The van der Waals surface area contributed by atoms with Crippen molar-refractivity contribution in [1.29, 1.82) is 0 Å². The van der Waals surface area contributed by atoms with Crippen LogP contribution < -0.4 is 5.73 Å². The van der Waals surface area contributed by atoms with Crippen molar-refractivity contribution < 1.29 is 15.3 Å². The van der Waals surface area contributed by atoms with E-state index in [1.807, 2.05) is 13.8 Å². The van der Waals surface area contributed by atoms with Gasteiger partial charge in [-0.1, -0.05) is 102 Å². The molecule has 0 saturated heterocycles. The second-order valence-corrected chi connectivity index (χ2v) is 15.4. The Bertz CT molecular complexity index is 885. The fraction of sp³-hybridized carbons (Fsp3) is 0.842. The highest BCUT2D eigenvalue weighted by molar-refractivity contribution is 5.39. The van der Waals surface area contributed by atoms with E-state index in [1.165, 1.54) is 77.0 Å². The van der Waals surface area contributed by atoms with Crippen molar-refractivity contribution in [1.82, 2.24) is 0 Å². The largest absolute Gasteiger partial charge is 0.392 e. The summed E-state index contributed by atoms with van der Waals surface area (Å²) in [5.41, 5.74) is 8.79. The van der Waals surface area contributed by atoms with Crippen LogP contribution in [0.2, 0.25) is 0 Å². The minimum absolute atomic E-state index is 0.0926. The average molecular weight is 586 g/mol. The molecule has 0 aromatic heterocycles. The van der Waals surface area contributed by atoms with E-state index in [9.17, 15) is 15.3 Å². The van der Waals surface area contributed by atoms with Crippen molar-refractivity contribution in [2.75, 3.05) is 6.54 Å². The molecule has 3 rings (SSSR count). The normalized spacial score (nSPS) is 33.0. The fourth-order valence-corrected chi connectivity index (χ4v) is 8.93. The predicted octanol–water partition coefficient (Wildman–Crippen LogP) is 8.79. The summed E-state index contributed by atoms with van der Waals surface area (Å²) in [5.74, 6) is 1.98. The van der Waals surface area contributed by atoms with Crippen molar-refractivity contribution in [3.05, 3.63) is 35.5 Å². The molecule has 3 saturated carbocycles. The first kappa shape index (κ1) is 35.5. The SMILES string of the molecule is C=C1/C(=C\C=C2/CCC[C@]3(C)[C@@H]([C@H](C)CCCC(C)(C)O)CC[C@@H]23)C[C@@H](O)[C@@H](CCCCCCCCCCCN)[C@@H]1O. The van der Waals surface area contributed by atoms with Crippen LogP contribution in [0.15, 0.2) is 35.5 Å². The predicted molar refractivity (Wildman–Crippen MR) is 178 cm³/mol. The van der Waals surface area contributed by atoms with Crippen LogP contribution in [0.5, 0.6) is 0 Å². The Hall–Kier alpha value is -0.940.